The van der Waals surface area contributed by atoms with Gasteiger partial charge in [0.05, 0.1) is 4.90 Å². The third-order valence-electron chi connectivity index (χ3n) is 3.33. The summed E-state index contributed by atoms with van der Waals surface area (Å²) in [5, 5.41) is 0. The average molecular weight is 440 g/mol. The Kier molecular flexibility index (Phi) is 4.19. The highest BCUT2D eigenvalue weighted by molar-refractivity contribution is 14.1. The minimum Gasteiger partial charge on any atom is -0.340 e. The molecular formula is C15H13IN4O2S. The molecule has 0 atom stereocenters. The van der Waals surface area contributed by atoms with Crippen molar-refractivity contribution >= 4 is 32.4 Å². The Labute approximate surface area is 147 Å². The van der Waals surface area contributed by atoms with E-state index in [1.165, 1.54) is 12.5 Å². The second-order valence-corrected chi connectivity index (χ2v) is 8.11. The lowest BCUT2D eigenvalue weighted by Gasteiger charge is -2.09. The van der Waals surface area contributed by atoms with E-state index in [0.29, 0.717) is 17.1 Å². The highest BCUT2D eigenvalue weighted by Gasteiger charge is 2.17. The number of hydrogen-bond donors (Lipinski definition) is 1. The maximum absolute atomic E-state index is 11.8. The van der Waals surface area contributed by atoms with Crippen LogP contribution in [-0.2, 0) is 9.84 Å². The Bertz CT molecular complexity index is 949. The lowest BCUT2D eigenvalue weighted by atomic mass is 10.1. The van der Waals surface area contributed by atoms with Crippen LogP contribution in [0.5, 0.6) is 0 Å². The topological polar surface area (TPSA) is 88.6 Å². The fourth-order valence-electron chi connectivity index (χ4n) is 2.14. The van der Waals surface area contributed by atoms with E-state index in [1.54, 1.807) is 18.5 Å². The maximum atomic E-state index is 11.8. The van der Waals surface area contributed by atoms with E-state index in [1.807, 2.05) is 19.1 Å². The molecule has 8 heteroatoms. The molecule has 0 saturated heterocycles. The molecule has 6 nitrogen and oxygen atoms in total. The summed E-state index contributed by atoms with van der Waals surface area (Å²) >= 11 is 2.14. The van der Waals surface area contributed by atoms with Crippen molar-refractivity contribution < 1.29 is 8.42 Å². The number of H-pyrrole nitrogens is 1. The summed E-state index contributed by atoms with van der Waals surface area (Å²) in [5.41, 5.74) is 3.07. The molecule has 0 saturated carbocycles. The van der Waals surface area contributed by atoms with Crippen molar-refractivity contribution in [3.05, 3.63) is 46.2 Å². The van der Waals surface area contributed by atoms with Crippen molar-refractivity contribution in [2.75, 3.05) is 6.26 Å². The molecule has 0 amide bonds. The van der Waals surface area contributed by atoms with Crippen LogP contribution in [0.15, 0.2) is 41.7 Å². The molecule has 0 aliphatic rings. The first-order valence-corrected chi connectivity index (χ1v) is 9.66. The molecule has 0 aliphatic heterocycles. The van der Waals surface area contributed by atoms with Crippen molar-refractivity contribution in [3.8, 4) is 22.6 Å². The van der Waals surface area contributed by atoms with Gasteiger partial charge in [0, 0.05) is 36.1 Å². The van der Waals surface area contributed by atoms with Gasteiger partial charge in [-0.25, -0.2) is 13.4 Å². The Morgan fingerprint density at radius 3 is 2.48 bits per heavy atom. The number of sulfone groups is 1. The van der Waals surface area contributed by atoms with Gasteiger partial charge in [-0.3, -0.25) is 9.97 Å². The normalized spacial score (nSPS) is 11.6. The van der Waals surface area contributed by atoms with Gasteiger partial charge < -0.3 is 4.98 Å². The molecule has 3 aromatic heterocycles. The minimum atomic E-state index is -3.35. The van der Waals surface area contributed by atoms with Crippen LogP contribution in [0.4, 0.5) is 0 Å². The van der Waals surface area contributed by atoms with Crippen molar-refractivity contribution in [3.63, 3.8) is 0 Å². The van der Waals surface area contributed by atoms with Gasteiger partial charge in [0.25, 0.3) is 0 Å². The zero-order valence-corrected chi connectivity index (χ0v) is 15.4. The predicted octanol–water partition coefficient (Wildman–Crippen LogP) is 2.85. The quantitative estimate of drug-likeness (QED) is 0.633. The van der Waals surface area contributed by atoms with E-state index in [2.05, 4.69) is 42.5 Å². The number of rotatable bonds is 3. The number of imidazole rings is 1. The molecule has 0 bridgehead atoms. The molecule has 0 aromatic carbocycles. The smallest absolute Gasteiger partial charge is 0.177 e. The van der Waals surface area contributed by atoms with Gasteiger partial charge in [-0.05, 0) is 53.3 Å². The van der Waals surface area contributed by atoms with Gasteiger partial charge in [-0.1, -0.05) is 0 Å². The standard InChI is InChI=1S/C15H13IN4O2S/c1-9-14(16)20-15(19-9)13-12(10-3-5-17-6-4-10)7-11(8-18-13)23(2,21)22/h3-8H,1-2H3,(H,19,20). The molecular weight excluding hydrogens is 427 g/mol. The Hall–Kier alpha value is -1.81. The molecule has 0 unspecified atom stereocenters. The van der Waals surface area contributed by atoms with Gasteiger partial charge in [-0.2, -0.15) is 0 Å². The van der Waals surface area contributed by atoms with Crippen LogP contribution in [0.2, 0.25) is 0 Å². The third-order valence-corrected chi connectivity index (χ3v) is 5.46. The summed E-state index contributed by atoms with van der Waals surface area (Å²) in [6, 6.07) is 5.25. The summed E-state index contributed by atoms with van der Waals surface area (Å²) in [5.74, 6) is 0.610. The van der Waals surface area contributed by atoms with Crippen LogP contribution in [0, 0.1) is 10.6 Å². The summed E-state index contributed by atoms with van der Waals surface area (Å²) in [6.45, 7) is 1.93. The first-order chi connectivity index (χ1) is 10.9. The SMILES string of the molecule is Cc1[nH]c(-c2ncc(S(C)(=O)=O)cc2-c2ccncc2)nc1I. The van der Waals surface area contributed by atoms with Crippen molar-refractivity contribution in [1.29, 1.82) is 0 Å². The van der Waals surface area contributed by atoms with Crippen molar-refractivity contribution in [1.82, 2.24) is 19.9 Å². The predicted molar refractivity (Wildman–Crippen MR) is 95.6 cm³/mol. The van der Waals surface area contributed by atoms with Gasteiger partial charge in [0.15, 0.2) is 15.7 Å². The lowest BCUT2D eigenvalue weighted by molar-refractivity contribution is 0.601. The summed E-state index contributed by atoms with van der Waals surface area (Å²) in [7, 11) is -3.35. The first-order valence-electron chi connectivity index (χ1n) is 6.69. The number of pyridine rings is 2. The number of nitrogens with one attached hydrogen (secondary N) is 1. The van der Waals surface area contributed by atoms with E-state index in [-0.39, 0.29) is 4.90 Å². The molecule has 23 heavy (non-hydrogen) atoms. The van der Waals surface area contributed by atoms with Crippen molar-refractivity contribution in [2.45, 2.75) is 11.8 Å². The maximum Gasteiger partial charge on any atom is 0.177 e. The van der Waals surface area contributed by atoms with E-state index >= 15 is 0 Å². The third kappa shape index (κ3) is 3.27. The number of halogens is 1. The van der Waals surface area contributed by atoms with Crippen LogP contribution in [0.25, 0.3) is 22.6 Å². The monoisotopic (exact) mass is 440 g/mol. The summed E-state index contributed by atoms with van der Waals surface area (Å²) in [4.78, 5) is 16.2. The van der Waals surface area contributed by atoms with Gasteiger partial charge >= 0.3 is 0 Å². The van der Waals surface area contributed by atoms with Gasteiger partial charge in [0.2, 0.25) is 0 Å². The zero-order valence-electron chi connectivity index (χ0n) is 12.4. The lowest BCUT2D eigenvalue weighted by Crippen LogP contribution is -2.01. The average Bonchev–Trinajstić information content (AvgIpc) is 2.86. The molecule has 0 radical (unpaired) electrons. The highest BCUT2D eigenvalue weighted by atomic mass is 127. The number of hydrogen-bond acceptors (Lipinski definition) is 5. The second kappa shape index (κ2) is 6.00. The Morgan fingerprint density at radius 1 is 1.22 bits per heavy atom. The first kappa shape index (κ1) is 16.1. The molecule has 0 fully saturated rings. The molecule has 118 valence electrons. The number of aromatic amines is 1. The van der Waals surface area contributed by atoms with E-state index in [4.69, 9.17) is 0 Å². The van der Waals surface area contributed by atoms with Crippen LogP contribution in [0.1, 0.15) is 5.69 Å². The molecule has 3 heterocycles. The largest absolute Gasteiger partial charge is 0.340 e. The fraction of sp³-hybridized carbons (Fsp3) is 0.133. The fourth-order valence-corrected chi connectivity index (χ4v) is 3.09. The molecule has 0 aliphatic carbocycles. The van der Waals surface area contributed by atoms with Crippen LogP contribution < -0.4 is 0 Å². The summed E-state index contributed by atoms with van der Waals surface area (Å²) in [6.07, 6.45) is 5.84. The Morgan fingerprint density at radius 2 is 1.91 bits per heavy atom. The van der Waals surface area contributed by atoms with Gasteiger partial charge in [0.1, 0.15) is 9.39 Å². The van der Waals surface area contributed by atoms with Crippen LogP contribution in [0.3, 0.4) is 0 Å². The molecule has 0 spiro atoms. The number of nitrogens with zero attached hydrogens (tertiary/aromatic N) is 3. The second-order valence-electron chi connectivity index (χ2n) is 5.08. The minimum absolute atomic E-state index is 0.172. The van der Waals surface area contributed by atoms with E-state index in [9.17, 15) is 8.42 Å². The molecule has 3 aromatic rings. The van der Waals surface area contributed by atoms with E-state index < -0.39 is 9.84 Å². The highest BCUT2D eigenvalue weighted by Crippen LogP contribution is 2.31. The summed E-state index contributed by atoms with van der Waals surface area (Å²) < 4.78 is 24.5. The molecule has 1 N–H and O–H groups in total. The van der Waals surface area contributed by atoms with E-state index in [0.717, 1.165) is 15.0 Å². The number of aromatic nitrogens is 4. The number of aryl methyl sites for hydroxylation is 1. The molecule has 3 rings (SSSR count). The van der Waals surface area contributed by atoms with Crippen LogP contribution in [-0.4, -0.2) is 34.6 Å². The van der Waals surface area contributed by atoms with Crippen LogP contribution >= 0.6 is 22.6 Å². The zero-order chi connectivity index (χ0) is 16.6. The van der Waals surface area contributed by atoms with Gasteiger partial charge in [-0.15, -0.1) is 0 Å². The van der Waals surface area contributed by atoms with Crippen molar-refractivity contribution in [2.24, 2.45) is 0 Å². The Balaban J connectivity index is 2.27.